The third kappa shape index (κ3) is 4.25. The fourth-order valence-electron chi connectivity index (χ4n) is 2.88. The number of aromatic hydroxyl groups is 2. The lowest BCUT2D eigenvalue weighted by Crippen LogP contribution is -2.33. The summed E-state index contributed by atoms with van der Waals surface area (Å²) in [5, 5.41) is 22.9. The largest absolute Gasteiger partial charge is 0.504 e. The normalized spacial score (nSPS) is 21.5. The maximum Gasteiger partial charge on any atom is 0.161 e. The second-order valence-electron chi connectivity index (χ2n) is 6.77. The molecule has 0 bridgehead atoms. The van der Waals surface area contributed by atoms with E-state index in [0.717, 1.165) is 17.5 Å². The average Bonchev–Trinajstić information content (AvgIpc) is 2.33. The summed E-state index contributed by atoms with van der Waals surface area (Å²) in [6, 6.07) is 3.38. The SMILES string of the molecule is CNC[C@@H]1O[C@H](CC(C)(C)C)Cc2c1ccc(O)c2O.Cl. The molecule has 1 aromatic carbocycles. The molecule has 5 heteroatoms. The highest BCUT2D eigenvalue weighted by atomic mass is 35.5. The Morgan fingerprint density at radius 3 is 2.52 bits per heavy atom. The lowest BCUT2D eigenvalue weighted by atomic mass is 9.84. The van der Waals surface area contributed by atoms with E-state index in [1.807, 2.05) is 13.1 Å². The van der Waals surface area contributed by atoms with Gasteiger partial charge in [0.15, 0.2) is 11.5 Å². The number of halogens is 1. The second kappa shape index (κ2) is 6.86. The van der Waals surface area contributed by atoms with Crippen LogP contribution in [0.1, 0.15) is 44.4 Å². The van der Waals surface area contributed by atoms with Gasteiger partial charge in [-0.25, -0.2) is 0 Å². The molecule has 0 spiro atoms. The Morgan fingerprint density at radius 1 is 1.29 bits per heavy atom. The molecule has 0 saturated heterocycles. The van der Waals surface area contributed by atoms with E-state index in [0.29, 0.717) is 13.0 Å². The van der Waals surface area contributed by atoms with Gasteiger partial charge in [-0.15, -0.1) is 12.4 Å². The predicted molar refractivity (Wildman–Crippen MR) is 86.3 cm³/mol. The molecule has 2 rings (SSSR count). The van der Waals surface area contributed by atoms with E-state index >= 15 is 0 Å². The third-order valence-corrected chi connectivity index (χ3v) is 3.66. The molecular weight excluding hydrogens is 290 g/mol. The Morgan fingerprint density at radius 2 is 1.95 bits per heavy atom. The number of benzene rings is 1. The van der Waals surface area contributed by atoms with Crippen molar-refractivity contribution in [3.8, 4) is 11.5 Å². The molecule has 2 atom stereocenters. The summed E-state index contributed by atoms with van der Waals surface area (Å²) in [7, 11) is 1.89. The number of rotatable bonds is 3. The molecule has 4 nitrogen and oxygen atoms in total. The minimum Gasteiger partial charge on any atom is -0.504 e. The lowest BCUT2D eigenvalue weighted by Gasteiger charge is -2.35. The average molecular weight is 316 g/mol. The molecule has 0 unspecified atom stereocenters. The molecule has 1 aliphatic heterocycles. The standard InChI is InChI=1S/C16H25NO3.ClH/c1-16(2,3)8-10-7-12-11(14(20-10)9-17-4)5-6-13(18)15(12)19;/h5-6,10,14,17-19H,7-9H2,1-4H3;1H/t10-,14-;/m0./s1. The molecule has 21 heavy (non-hydrogen) atoms. The molecule has 1 heterocycles. The molecule has 0 amide bonds. The number of ether oxygens (including phenoxy) is 1. The highest BCUT2D eigenvalue weighted by Gasteiger charge is 2.32. The molecule has 120 valence electrons. The van der Waals surface area contributed by atoms with Crippen LogP contribution in [0.2, 0.25) is 0 Å². The van der Waals surface area contributed by atoms with Crippen molar-refractivity contribution in [1.82, 2.24) is 5.32 Å². The zero-order valence-electron chi connectivity index (χ0n) is 13.1. The molecule has 0 aromatic heterocycles. The van der Waals surface area contributed by atoms with E-state index in [1.54, 1.807) is 0 Å². The maximum absolute atomic E-state index is 10.1. The van der Waals surface area contributed by atoms with Crippen LogP contribution in [-0.2, 0) is 11.2 Å². The van der Waals surface area contributed by atoms with E-state index in [4.69, 9.17) is 4.74 Å². The van der Waals surface area contributed by atoms with Gasteiger partial charge in [0.1, 0.15) is 0 Å². The minimum absolute atomic E-state index is 0. The molecule has 1 aliphatic rings. The van der Waals surface area contributed by atoms with Crippen LogP contribution in [0.3, 0.4) is 0 Å². The Labute approximate surface area is 132 Å². The Hall–Kier alpha value is -0.970. The Kier molecular flexibility index (Phi) is 5.91. The zero-order chi connectivity index (χ0) is 14.9. The van der Waals surface area contributed by atoms with Crippen LogP contribution >= 0.6 is 12.4 Å². The third-order valence-electron chi connectivity index (χ3n) is 3.66. The second-order valence-corrected chi connectivity index (χ2v) is 6.77. The van der Waals surface area contributed by atoms with Gasteiger partial charge in [0, 0.05) is 18.5 Å². The summed E-state index contributed by atoms with van der Waals surface area (Å²) in [6.45, 7) is 7.24. The first-order valence-electron chi connectivity index (χ1n) is 7.15. The highest BCUT2D eigenvalue weighted by molar-refractivity contribution is 5.85. The van der Waals surface area contributed by atoms with Gasteiger partial charge in [0.25, 0.3) is 0 Å². The summed E-state index contributed by atoms with van der Waals surface area (Å²) in [4.78, 5) is 0. The van der Waals surface area contributed by atoms with Gasteiger partial charge in [-0.3, -0.25) is 0 Å². The first-order chi connectivity index (χ1) is 9.31. The predicted octanol–water partition coefficient (Wildman–Crippen LogP) is 3.16. The van der Waals surface area contributed by atoms with Gasteiger partial charge in [0.05, 0.1) is 12.2 Å². The molecule has 0 aliphatic carbocycles. The smallest absolute Gasteiger partial charge is 0.161 e. The van der Waals surface area contributed by atoms with Crippen LogP contribution in [0.5, 0.6) is 11.5 Å². The molecule has 3 N–H and O–H groups in total. The van der Waals surface area contributed by atoms with Crippen molar-refractivity contribution in [2.45, 2.75) is 45.8 Å². The fraction of sp³-hybridized carbons (Fsp3) is 0.625. The molecule has 0 saturated carbocycles. The van der Waals surface area contributed by atoms with Gasteiger partial charge in [-0.1, -0.05) is 26.8 Å². The van der Waals surface area contributed by atoms with Gasteiger partial charge in [-0.05, 0) is 30.5 Å². The summed E-state index contributed by atoms with van der Waals surface area (Å²) >= 11 is 0. The quantitative estimate of drug-likeness (QED) is 0.750. The van der Waals surface area contributed by atoms with Crippen LogP contribution in [0.4, 0.5) is 0 Å². The first kappa shape index (κ1) is 18.1. The van der Waals surface area contributed by atoms with Gasteiger partial charge in [-0.2, -0.15) is 0 Å². The number of likely N-dealkylation sites (N-methyl/N-ethyl adjacent to an activating group) is 1. The number of hydrogen-bond donors (Lipinski definition) is 3. The van der Waals surface area contributed by atoms with Crippen LogP contribution in [0.15, 0.2) is 12.1 Å². The van der Waals surface area contributed by atoms with Crippen molar-refractivity contribution >= 4 is 12.4 Å². The van der Waals surface area contributed by atoms with E-state index in [-0.39, 0.29) is 41.5 Å². The highest BCUT2D eigenvalue weighted by Crippen LogP contribution is 2.41. The molecule has 0 fully saturated rings. The summed E-state index contributed by atoms with van der Waals surface area (Å²) < 4.78 is 6.17. The van der Waals surface area contributed by atoms with Crippen LogP contribution < -0.4 is 5.32 Å². The minimum atomic E-state index is -0.0809. The lowest BCUT2D eigenvalue weighted by molar-refractivity contribution is -0.0423. The van der Waals surface area contributed by atoms with Crippen molar-refractivity contribution in [3.63, 3.8) is 0 Å². The summed E-state index contributed by atoms with van der Waals surface area (Å²) in [6.07, 6.45) is 1.55. The van der Waals surface area contributed by atoms with E-state index in [9.17, 15) is 10.2 Å². The van der Waals surface area contributed by atoms with Crippen molar-refractivity contribution < 1.29 is 14.9 Å². The molecule has 0 radical (unpaired) electrons. The monoisotopic (exact) mass is 315 g/mol. The van der Waals surface area contributed by atoms with Gasteiger partial charge < -0.3 is 20.3 Å². The fourth-order valence-corrected chi connectivity index (χ4v) is 2.88. The van der Waals surface area contributed by atoms with Gasteiger partial charge >= 0.3 is 0 Å². The van der Waals surface area contributed by atoms with Crippen LogP contribution in [0.25, 0.3) is 0 Å². The zero-order valence-corrected chi connectivity index (χ0v) is 14.0. The topological polar surface area (TPSA) is 61.7 Å². The van der Waals surface area contributed by atoms with Crippen molar-refractivity contribution in [2.75, 3.05) is 13.6 Å². The van der Waals surface area contributed by atoms with Crippen molar-refractivity contribution in [3.05, 3.63) is 23.3 Å². The van der Waals surface area contributed by atoms with Crippen molar-refractivity contribution in [1.29, 1.82) is 0 Å². The Bertz CT molecular complexity index is 485. The number of phenols is 2. The van der Waals surface area contributed by atoms with Crippen molar-refractivity contribution in [2.24, 2.45) is 5.41 Å². The van der Waals surface area contributed by atoms with E-state index in [1.165, 1.54) is 6.07 Å². The van der Waals surface area contributed by atoms with Gasteiger partial charge in [0.2, 0.25) is 0 Å². The summed E-state index contributed by atoms with van der Waals surface area (Å²) in [5.41, 5.74) is 1.96. The first-order valence-corrected chi connectivity index (χ1v) is 7.15. The number of hydrogen-bond acceptors (Lipinski definition) is 4. The number of fused-ring (bicyclic) bond motifs is 1. The van der Waals surface area contributed by atoms with E-state index < -0.39 is 0 Å². The van der Waals surface area contributed by atoms with Crippen LogP contribution in [-0.4, -0.2) is 29.9 Å². The molecule has 1 aromatic rings. The Balaban J connectivity index is 0.00000220. The number of nitrogens with one attached hydrogen (secondary N) is 1. The molecular formula is C16H26ClNO3. The maximum atomic E-state index is 10.1. The van der Waals surface area contributed by atoms with Crippen LogP contribution in [0, 0.1) is 5.41 Å². The number of phenolic OH excluding ortho intramolecular Hbond substituents is 2. The van der Waals surface area contributed by atoms with E-state index in [2.05, 4.69) is 26.1 Å². The summed E-state index contributed by atoms with van der Waals surface area (Å²) in [5.74, 6) is -0.0471.